The van der Waals surface area contributed by atoms with Gasteiger partial charge in [-0.1, -0.05) is 53.8 Å². The summed E-state index contributed by atoms with van der Waals surface area (Å²) in [5.41, 5.74) is 1.24. The van der Waals surface area contributed by atoms with Crippen molar-refractivity contribution in [3.05, 3.63) is 64.0 Å². The summed E-state index contributed by atoms with van der Waals surface area (Å²) < 4.78 is 5.68. The number of carbonyl (C=O) groups is 2. The van der Waals surface area contributed by atoms with E-state index >= 15 is 0 Å². The van der Waals surface area contributed by atoms with Gasteiger partial charge in [0, 0.05) is 10.6 Å². The van der Waals surface area contributed by atoms with Gasteiger partial charge in [-0.2, -0.15) is 0 Å². The van der Waals surface area contributed by atoms with Crippen molar-refractivity contribution in [1.82, 2.24) is 0 Å². The van der Waals surface area contributed by atoms with Crippen molar-refractivity contribution in [2.24, 2.45) is 0 Å². The zero-order valence-corrected chi connectivity index (χ0v) is 15.6. The minimum Gasteiger partial charge on any atom is -0.481 e. The lowest BCUT2D eigenvalue weighted by Gasteiger charge is -2.14. The first-order chi connectivity index (χ1) is 12.5. The number of thiocarbonyl (C=S) groups is 1. The van der Waals surface area contributed by atoms with Crippen molar-refractivity contribution in [3.63, 3.8) is 0 Å². The molecule has 0 unspecified atom stereocenters. The first-order valence-electron chi connectivity index (χ1n) is 7.43. The molecule has 1 N–H and O–H groups in total. The van der Waals surface area contributed by atoms with Crippen LogP contribution in [0.4, 0.5) is 5.69 Å². The van der Waals surface area contributed by atoms with Crippen LogP contribution in [0.1, 0.15) is 5.56 Å². The van der Waals surface area contributed by atoms with Gasteiger partial charge in [0.25, 0.3) is 5.91 Å². The highest BCUT2D eigenvalue weighted by Gasteiger charge is 2.33. The predicted octanol–water partition coefficient (Wildman–Crippen LogP) is 4.21. The topological polar surface area (TPSA) is 66.8 Å². The number of aliphatic carboxylic acids is 1. The van der Waals surface area contributed by atoms with Crippen LogP contribution in [0.5, 0.6) is 5.75 Å². The first-order valence-corrected chi connectivity index (χ1v) is 9.03. The molecule has 5 nitrogen and oxygen atoms in total. The van der Waals surface area contributed by atoms with Crippen LogP contribution in [0.3, 0.4) is 0 Å². The van der Waals surface area contributed by atoms with E-state index in [0.717, 1.165) is 0 Å². The third kappa shape index (κ3) is 4.07. The molecule has 0 bridgehead atoms. The molecule has 132 valence electrons. The second kappa shape index (κ2) is 7.90. The van der Waals surface area contributed by atoms with Crippen molar-refractivity contribution >= 4 is 63.5 Å². The summed E-state index contributed by atoms with van der Waals surface area (Å²) in [5, 5.41) is 9.34. The quantitative estimate of drug-likeness (QED) is 0.593. The second-order valence-electron chi connectivity index (χ2n) is 5.21. The minimum absolute atomic E-state index is 0.254. The van der Waals surface area contributed by atoms with Crippen molar-refractivity contribution in [2.45, 2.75) is 0 Å². The number of nitrogens with zero attached hydrogens (tertiary/aromatic N) is 1. The molecule has 0 saturated carbocycles. The monoisotopic (exact) mass is 405 g/mol. The number of thioether (sulfide) groups is 1. The van der Waals surface area contributed by atoms with Gasteiger partial charge in [-0.3, -0.25) is 9.69 Å². The number of para-hydroxylation sites is 1. The van der Waals surface area contributed by atoms with Gasteiger partial charge in [-0.05, 0) is 36.4 Å². The normalized spacial score (nSPS) is 15.6. The van der Waals surface area contributed by atoms with Gasteiger partial charge in [0.2, 0.25) is 0 Å². The fraction of sp³-hybridized carbons (Fsp3) is 0.0556. The number of ether oxygens (including phenoxy) is 1. The average Bonchev–Trinajstić information content (AvgIpc) is 2.89. The van der Waals surface area contributed by atoms with Gasteiger partial charge < -0.3 is 9.84 Å². The van der Waals surface area contributed by atoms with E-state index in [1.54, 1.807) is 54.6 Å². The average molecular weight is 406 g/mol. The molecule has 26 heavy (non-hydrogen) atoms. The maximum Gasteiger partial charge on any atom is 0.341 e. The third-order valence-electron chi connectivity index (χ3n) is 3.44. The highest BCUT2D eigenvalue weighted by atomic mass is 35.5. The third-order valence-corrected chi connectivity index (χ3v) is 4.99. The lowest BCUT2D eigenvalue weighted by atomic mass is 10.2. The van der Waals surface area contributed by atoms with Gasteiger partial charge in [0.05, 0.1) is 10.6 Å². The zero-order valence-electron chi connectivity index (χ0n) is 13.2. The van der Waals surface area contributed by atoms with Crippen LogP contribution in [-0.2, 0) is 9.59 Å². The molecule has 8 heteroatoms. The fourth-order valence-electron chi connectivity index (χ4n) is 2.29. The maximum atomic E-state index is 12.8. The number of carbonyl (C=O) groups excluding carboxylic acids is 1. The molecule has 1 aliphatic rings. The van der Waals surface area contributed by atoms with Crippen molar-refractivity contribution in [2.75, 3.05) is 11.5 Å². The second-order valence-corrected chi connectivity index (χ2v) is 7.33. The number of hydrogen-bond donors (Lipinski definition) is 1. The number of anilines is 1. The number of benzene rings is 2. The Morgan fingerprint density at radius 2 is 1.92 bits per heavy atom. The molecule has 1 aliphatic heterocycles. The van der Waals surface area contributed by atoms with E-state index in [0.29, 0.717) is 31.2 Å². The first kappa shape index (κ1) is 18.4. The molecule has 2 aromatic rings. The molecule has 2 aromatic carbocycles. The smallest absolute Gasteiger partial charge is 0.341 e. The molecule has 1 heterocycles. The number of hydrogen-bond acceptors (Lipinski definition) is 5. The van der Waals surface area contributed by atoms with Crippen molar-refractivity contribution in [1.29, 1.82) is 0 Å². The zero-order chi connectivity index (χ0) is 18.7. The summed E-state index contributed by atoms with van der Waals surface area (Å²) in [6.45, 7) is -0.462. The molecule has 0 atom stereocenters. The van der Waals surface area contributed by atoms with E-state index in [9.17, 15) is 9.59 Å². The van der Waals surface area contributed by atoms with Crippen LogP contribution in [0, 0.1) is 0 Å². The number of rotatable bonds is 5. The number of carboxylic acid groups (broad SMARTS) is 1. The van der Waals surface area contributed by atoms with Gasteiger partial charge >= 0.3 is 5.97 Å². The molecular weight excluding hydrogens is 394 g/mol. The van der Waals surface area contributed by atoms with Crippen molar-refractivity contribution in [3.8, 4) is 5.75 Å². The van der Waals surface area contributed by atoms with E-state index in [1.165, 1.54) is 16.7 Å². The fourth-order valence-corrected chi connectivity index (χ4v) is 3.71. The number of amides is 1. The van der Waals surface area contributed by atoms with Crippen LogP contribution in [0.2, 0.25) is 5.02 Å². The Bertz CT molecular complexity index is 912. The van der Waals surface area contributed by atoms with E-state index in [2.05, 4.69) is 0 Å². The summed E-state index contributed by atoms with van der Waals surface area (Å²) in [6, 6.07) is 13.7. The molecular formula is C18H12ClNO4S2. The van der Waals surface area contributed by atoms with Gasteiger partial charge in [0.15, 0.2) is 10.9 Å². The van der Waals surface area contributed by atoms with E-state index < -0.39 is 12.6 Å². The molecule has 0 spiro atoms. The molecule has 0 radical (unpaired) electrons. The number of halogens is 1. The Balaban J connectivity index is 1.89. The van der Waals surface area contributed by atoms with Gasteiger partial charge in [-0.15, -0.1) is 0 Å². The standard InChI is InChI=1S/C18H12ClNO4S2/c19-12-5-7-13(8-6-12)20-17(23)15(26-18(20)25)9-11-3-1-2-4-14(11)24-10-16(21)22/h1-9H,10H2,(H,21,22)/b15-9-. The molecule has 1 fully saturated rings. The van der Waals surface area contributed by atoms with Crippen LogP contribution in [-0.4, -0.2) is 27.9 Å². The Kier molecular flexibility index (Phi) is 5.61. The molecule has 1 amide bonds. The summed E-state index contributed by atoms with van der Waals surface area (Å²) in [4.78, 5) is 25.3. The Hall–Kier alpha value is -2.35. The van der Waals surface area contributed by atoms with Crippen LogP contribution in [0.15, 0.2) is 53.4 Å². The van der Waals surface area contributed by atoms with E-state index in [-0.39, 0.29) is 5.91 Å². The number of carboxylic acids is 1. The summed E-state index contributed by atoms with van der Waals surface area (Å²) in [6.07, 6.45) is 1.65. The molecule has 3 rings (SSSR count). The predicted molar refractivity (Wildman–Crippen MR) is 107 cm³/mol. The van der Waals surface area contributed by atoms with Crippen molar-refractivity contribution < 1.29 is 19.4 Å². The molecule has 0 aliphatic carbocycles. The highest BCUT2D eigenvalue weighted by molar-refractivity contribution is 8.27. The highest BCUT2D eigenvalue weighted by Crippen LogP contribution is 2.37. The van der Waals surface area contributed by atoms with Crippen LogP contribution in [0.25, 0.3) is 6.08 Å². The Morgan fingerprint density at radius 3 is 2.62 bits per heavy atom. The SMILES string of the molecule is O=C(O)COc1ccccc1/C=C1\SC(=S)N(c2ccc(Cl)cc2)C1=O. The van der Waals surface area contributed by atoms with E-state index in [4.69, 9.17) is 33.7 Å². The van der Waals surface area contributed by atoms with Crippen LogP contribution < -0.4 is 9.64 Å². The summed E-state index contributed by atoms with van der Waals surface area (Å²) in [5.74, 6) is -0.948. The summed E-state index contributed by atoms with van der Waals surface area (Å²) >= 11 is 12.4. The largest absolute Gasteiger partial charge is 0.481 e. The van der Waals surface area contributed by atoms with E-state index in [1.807, 2.05) is 0 Å². The maximum absolute atomic E-state index is 12.8. The van der Waals surface area contributed by atoms with Crippen LogP contribution >= 0.6 is 35.6 Å². The lowest BCUT2D eigenvalue weighted by molar-refractivity contribution is -0.139. The summed E-state index contributed by atoms with van der Waals surface area (Å²) in [7, 11) is 0. The van der Waals surface area contributed by atoms with Gasteiger partial charge in [-0.25, -0.2) is 4.79 Å². The van der Waals surface area contributed by atoms with Gasteiger partial charge in [0.1, 0.15) is 5.75 Å². The lowest BCUT2D eigenvalue weighted by Crippen LogP contribution is -2.27. The molecule has 0 aromatic heterocycles. The Labute approximate surface area is 164 Å². The minimum atomic E-state index is -1.08. The Morgan fingerprint density at radius 1 is 1.23 bits per heavy atom. The molecule has 1 saturated heterocycles.